The van der Waals surface area contributed by atoms with Crippen LogP contribution in [0.3, 0.4) is 0 Å². The summed E-state index contributed by atoms with van der Waals surface area (Å²) in [5.41, 5.74) is 0. The maximum absolute atomic E-state index is 12.6. The molecule has 3 aromatic rings. The average molecular weight is 451 g/mol. The van der Waals surface area contributed by atoms with Gasteiger partial charge in [-0.2, -0.15) is 0 Å². The molecule has 2 aromatic carbocycles. The molecular formula is C25H30N2O4Si. The molecule has 0 fully saturated rings. The third kappa shape index (κ3) is 5.55. The van der Waals surface area contributed by atoms with Crippen molar-refractivity contribution in [2.24, 2.45) is 0 Å². The van der Waals surface area contributed by atoms with Crippen molar-refractivity contribution in [3.63, 3.8) is 0 Å². The summed E-state index contributed by atoms with van der Waals surface area (Å²) < 4.78 is 13.1. The minimum atomic E-state index is -2.67. The number of hydrogen-bond donors (Lipinski definition) is 1. The summed E-state index contributed by atoms with van der Waals surface area (Å²) in [5, 5.41) is 5.03. The summed E-state index contributed by atoms with van der Waals surface area (Å²) >= 11 is 0. The first kappa shape index (κ1) is 23.5. The van der Waals surface area contributed by atoms with Crippen LogP contribution in [0.25, 0.3) is 0 Å². The van der Waals surface area contributed by atoms with Crippen molar-refractivity contribution in [1.82, 2.24) is 9.88 Å². The number of hydrogen-bond acceptors (Lipinski definition) is 4. The van der Waals surface area contributed by atoms with Crippen molar-refractivity contribution in [3.05, 3.63) is 85.2 Å². The van der Waals surface area contributed by atoms with E-state index in [1.165, 1.54) is 11.7 Å². The van der Waals surface area contributed by atoms with Gasteiger partial charge in [0.15, 0.2) is 6.04 Å². The smallest absolute Gasteiger partial charge is 0.330 e. The summed E-state index contributed by atoms with van der Waals surface area (Å²) in [6.45, 7) is 2.18. The topological polar surface area (TPSA) is 69.6 Å². The lowest BCUT2D eigenvalue weighted by Crippen LogP contribution is -2.62. The van der Waals surface area contributed by atoms with Crippen LogP contribution in [0.2, 0.25) is 6.04 Å². The lowest BCUT2D eigenvalue weighted by Gasteiger charge is -2.34. The number of benzene rings is 2. The molecule has 6 nitrogen and oxygen atoms in total. The van der Waals surface area contributed by atoms with Crippen molar-refractivity contribution >= 4 is 30.7 Å². The fourth-order valence-corrected chi connectivity index (χ4v) is 7.92. The number of aromatic nitrogens is 1. The van der Waals surface area contributed by atoms with Crippen molar-refractivity contribution in [2.45, 2.75) is 31.9 Å². The fourth-order valence-electron chi connectivity index (χ4n) is 3.76. The maximum atomic E-state index is 12.6. The van der Waals surface area contributed by atoms with Crippen molar-refractivity contribution in [3.8, 4) is 0 Å². The Balaban J connectivity index is 1.93. The van der Waals surface area contributed by atoms with Gasteiger partial charge >= 0.3 is 12.0 Å². The Morgan fingerprint density at radius 3 is 2.00 bits per heavy atom. The number of carbonyl (C=O) groups is 2. The van der Waals surface area contributed by atoms with Crippen LogP contribution in [0.1, 0.15) is 19.8 Å². The predicted molar refractivity (Wildman–Crippen MR) is 128 cm³/mol. The van der Waals surface area contributed by atoms with Crippen LogP contribution in [0.4, 0.5) is 4.79 Å². The largest absolute Gasteiger partial charge is 0.467 e. The number of rotatable bonds is 10. The molecule has 0 aliphatic carbocycles. The molecule has 1 heterocycles. The van der Waals surface area contributed by atoms with E-state index >= 15 is 0 Å². The van der Waals surface area contributed by atoms with E-state index in [9.17, 15) is 9.59 Å². The standard InChI is InChI=1S/C25H30N2O4Si/c1-3-4-19-32(21-13-7-5-8-14-21,22-15-9-6-10-16-22)31-20-23(24(28)30-2)26-25(29)27-17-11-12-18-27/h5-18,23H,3-4,19-20H2,1-2H3,(H,26,29)/t23-/m0/s1. The lowest BCUT2D eigenvalue weighted by molar-refractivity contribution is -0.143. The highest BCUT2D eigenvalue weighted by atomic mass is 28.4. The molecule has 0 bridgehead atoms. The Bertz CT molecular complexity index is 938. The minimum Gasteiger partial charge on any atom is -0.467 e. The predicted octanol–water partition coefficient (Wildman–Crippen LogP) is 3.16. The second-order valence-corrected chi connectivity index (χ2v) is 11.2. The highest BCUT2D eigenvalue weighted by Crippen LogP contribution is 2.18. The Morgan fingerprint density at radius 2 is 1.50 bits per heavy atom. The molecule has 1 N–H and O–H groups in total. The second-order valence-electron chi connectivity index (χ2n) is 7.59. The maximum Gasteiger partial charge on any atom is 0.330 e. The number of unbranched alkanes of at least 4 members (excludes halogenated alkanes) is 1. The van der Waals surface area contributed by atoms with E-state index in [2.05, 4.69) is 36.5 Å². The highest BCUT2D eigenvalue weighted by Gasteiger charge is 2.40. The normalized spacial score (nSPS) is 12.2. The fraction of sp³-hybridized carbons (Fsp3) is 0.280. The number of ether oxygens (including phenoxy) is 1. The van der Waals surface area contributed by atoms with E-state index in [1.807, 2.05) is 36.4 Å². The molecule has 32 heavy (non-hydrogen) atoms. The van der Waals surface area contributed by atoms with Gasteiger partial charge in [0.05, 0.1) is 13.7 Å². The number of nitrogens with one attached hydrogen (secondary N) is 1. The van der Waals surface area contributed by atoms with Gasteiger partial charge in [-0.25, -0.2) is 9.59 Å². The van der Waals surface area contributed by atoms with Gasteiger partial charge in [0.25, 0.3) is 8.32 Å². The van der Waals surface area contributed by atoms with Gasteiger partial charge in [-0.15, -0.1) is 0 Å². The van der Waals surface area contributed by atoms with Gasteiger partial charge < -0.3 is 14.5 Å². The zero-order valence-electron chi connectivity index (χ0n) is 18.6. The van der Waals surface area contributed by atoms with Gasteiger partial charge in [-0.3, -0.25) is 4.57 Å². The van der Waals surface area contributed by atoms with E-state index in [1.54, 1.807) is 24.5 Å². The summed E-state index contributed by atoms with van der Waals surface area (Å²) in [6, 6.07) is 23.5. The summed E-state index contributed by atoms with van der Waals surface area (Å²) in [7, 11) is -1.36. The average Bonchev–Trinajstić information content (AvgIpc) is 3.39. The second kappa shape index (κ2) is 11.5. The van der Waals surface area contributed by atoms with Crippen LogP contribution in [0.15, 0.2) is 85.2 Å². The molecule has 1 aromatic heterocycles. The van der Waals surface area contributed by atoms with Gasteiger partial charge in [-0.05, 0) is 28.6 Å². The third-order valence-corrected chi connectivity index (χ3v) is 9.73. The minimum absolute atomic E-state index is 0.0272. The SMILES string of the molecule is CCCC[Si](OC[C@H](NC(=O)n1cccc1)C(=O)OC)(c1ccccc1)c1ccccc1. The van der Waals surface area contributed by atoms with Gasteiger partial charge in [0, 0.05) is 12.4 Å². The van der Waals surface area contributed by atoms with Crippen molar-refractivity contribution in [1.29, 1.82) is 0 Å². The Hall–Kier alpha value is -3.16. The van der Waals surface area contributed by atoms with Crippen LogP contribution < -0.4 is 15.7 Å². The van der Waals surface area contributed by atoms with E-state index in [0.29, 0.717) is 0 Å². The van der Waals surface area contributed by atoms with Crippen LogP contribution >= 0.6 is 0 Å². The molecule has 0 radical (unpaired) electrons. The molecular weight excluding hydrogens is 420 g/mol. The first-order chi connectivity index (χ1) is 15.6. The zero-order valence-corrected chi connectivity index (χ0v) is 19.6. The highest BCUT2D eigenvalue weighted by molar-refractivity contribution is 6.97. The van der Waals surface area contributed by atoms with Crippen LogP contribution in [-0.4, -0.2) is 44.6 Å². The lowest BCUT2D eigenvalue weighted by atomic mass is 10.3. The Morgan fingerprint density at radius 1 is 0.938 bits per heavy atom. The number of methoxy groups -OCH3 is 1. The summed E-state index contributed by atoms with van der Waals surface area (Å²) in [6.07, 6.45) is 5.27. The zero-order chi connectivity index (χ0) is 22.8. The van der Waals surface area contributed by atoms with Crippen LogP contribution in [-0.2, 0) is 14.0 Å². The van der Waals surface area contributed by atoms with E-state index < -0.39 is 26.4 Å². The van der Waals surface area contributed by atoms with E-state index in [-0.39, 0.29) is 6.61 Å². The number of esters is 1. The number of nitrogens with zero attached hydrogens (tertiary/aromatic N) is 1. The first-order valence-electron chi connectivity index (χ1n) is 10.9. The molecule has 0 unspecified atom stereocenters. The van der Waals surface area contributed by atoms with Gasteiger partial charge in [0.1, 0.15) is 0 Å². The van der Waals surface area contributed by atoms with Crippen molar-refractivity contribution < 1.29 is 18.8 Å². The molecule has 168 valence electrons. The molecule has 1 amide bonds. The van der Waals surface area contributed by atoms with Crippen LogP contribution in [0, 0.1) is 0 Å². The molecule has 0 spiro atoms. The number of carbonyl (C=O) groups excluding carboxylic acids is 2. The quantitative estimate of drug-likeness (QED) is 0.381. The third-order valence-electron chi connectivity index (χ3n) is 5.48. The molecule has 0 aliphatic heterocycles. The summed E-state index contributed by atoms with van der Waals surface area (Å²) in [4.78, 5) is 25.1. The molecule has 0 saturated heterocycles. The molecule has 1 atom stereocenters. The van der Waals surface area contributed by atoms with Gasteiger partial charge in [0.2, 0.25) is 0 Å². The molecule has 0 aliphatic rings. The van der Waals surface area contributed by atoms with Crippen LogP contribution in [0.5, 0.6) is 0 Å². The molecule has 0 saturated carbocycles. The summed E-state index contributed by atoms with van der Waals surface area (Å²) in [5.74, 6) is -0.537. The monoisotopic (exact) mass is 450 g/mol. The Labute approximate surface area is 190 Å². The first-order valence-corrected chi connectivity index (χ1v) is 13.0. The number of amides is 1. The van der Waals surface area contributed by atoms with E-state index in [4.69, 9.17) is 9.16 Å². The molecule has 3 rings (SSSR count). The van der Waals surface area contributed by atoms with Crippen molar-refractivity contribution in [2.75, 3.05) is 13.7 Å². The molecule has 7 heteroatoms. The Kier molecular flexibility index (Phi) is 8.41. The van der Waals surface area contributed by atoms with E-state index in [0.717, 1.165) is 29.3 Å². The van der Waals surface area contributed by atoms with Gasteiger partial charge in [-0.1, -0.05) is 80.4 Å².